The molecule has 3 rings (SSSR count). The molecule has 0 aliphatic carbocycles. The quantitative estimate of drug-likeness (QED) is 0.691. The molecule has 0 bridgehead atoms. The number of rotatable bonds is 1. The van der Waals surface area contributed by atoms with E-state index in [-0.39, 0.29) is 0 Å². The minimum atomic E-state index is 0.971. The van der Waals surface area contributed by atoms with Gasteiger partial charge in [0.05, 0.1) is 24.1 Å². The molecular formula is C12H11BrN4. The van der Waals surface area contributed by atoms with Crippen molar-refractivity contribution < 1.29 is 0 Å². The maximum absolute atomic E-state index is 4.40. The number of halogens is 1. The lowest BCUT2D eigenvalue weighted by Crippen LogP contribution is -1.94. The van der Waals surface area contributed by atoms with Crippen LogP contribution in [0.2, 0.25) is 0 Å². The Morgan fingerprint density at radius 2 is 2.00 bits per heavy atom. The summed E-state index contributed by atoms with van der Waals surface area (Å²) in [6.07, 6.45) is 5.63. The van der Waals surface area contributed by atoms with E-state index >= 15 is 0 Å². The van der Waals surface area contributed by atoms with Crippen molar-refractivity contribution in [1.29, 1.82) is 0 Å². The van der Waals surface area contributed by atoms with Crippen molar-refractivity contribution in [3.8, 4) is 5.69 Å². The monoisotopic (exact) mass is 290 g/mol. The molecule has 0 saturated heterocycles. The molecule has 0 atom stereocenters. The van der Waals surface area contributed by atoms with Gasteiger partial charge in [0.2, 0.25) is 0 Å². The second-order valence-electron chi connectivity index (χ2n) is 4.09. The first kappa shape index (κ1) is 10.5. The van der Waals surface area contributed by atoms with Crippen molar-refractivity contribution in [2.75, 3.05) is 0 Å². The van der Waals surface area contributed by atoms with Gasteiger partial charge in [0.1, 0.15) is 5.69 Å². The number of hydrogen-bond donors (Lipinski definition) is 0. The van der Waals surface area contributed by atoms with Crippen LogP contribution in [0.25, 0.3) is 16.6 Å². The molecule has 3 aromatic rings. The second-order valence-corrected chi connectivity index (χ2v) is 4.94. The minimum absolute atomic E-state index is 0.971. The molecule has 0 radical (unpaired) electrons. The molecule has 17 heavy (non-hydrogen) atoms. The zero-order valence-electron chi connectivity index (χ0n) is 9.55. The van der Waals surface area contributed by atoms with Crippen LogP contribution in [0.3, 0.4) is 0 Å². The summed E-state index contributed by atoms with van der Waals surface area (Å²) in [5.41, 5.74) is 3.26. The van der Waals surface area contributed by atoms with Crippen LogP contribution in [0.1, 0.15) is 5.56 Å². The zero-order valence-corrected chi connectivity index (χ0v) is 11.1. The van der Waals surface area contributed by atoms with E-state index in [2.05, 4.69) is 45.2 Å². The van der Waals surface area contributed by atoms with Crippen molar-refractivity contribution in [3.63, 3.8) is 0 Å². The van der Waals surface area contributed by atoms with Crippen molar-refractivity contribution in [2.45, 2.75) is 6.92 Å². The van der Waals surface area contributed by atoms with Gasteiger partial charge in [-0.05, 0) is 24.6 Å². The van der Waals surface area contributed by atoms with Gasteiger partial charge in [0, 0.05) is 16.9 Å². The smallest absolute Gasteiger partial charge is 0.103 e. The molecule has 0 fully saturated rings. The SMILES string of the molecule is Cc1cc2cnn(-c3cnn(C)c3)c2cc1Br. The average Bonchev–Trinajstić information content (AvgIpc) is 2.86. The molecule has 0 amide bonds. The molecule has 0 aliphatic heterocycles. The molecular weight excluding hydrogens is 280 g/mol. The van der Waals surface area contributed by atoms with E-state index in [0.717, 1.165) is 21.1 Å². The third-order valence-electron chi connectivity index (χ3n) is 2.78. The van der Waals surface area contributed by atoms with Crippen LogP contribution in [0.15, 0.2) is 35.2 Å². The number of hydrogen-bond acceptors (Lipinski definition) is 2. The van der Waals surface area contributed by atoms with Crippen molar-refractivity contribution >= 4 is 26.8 Å². The highest BCUT2D eigenvalue weighted by atomic mass is 79.9. The lowest BCUT2D eigenvalue weighted by atomic mass is 10.2. The van der Waals surface area contributed by atoms with E-state index in [4.69, 9.17) is 0 Å². The summed E-state index contributed by atoms with van der Waals surface area (Å²) in [6.45, 7) is 2.07. The maximum Gasteiger partial charge on any atom is 0.103 e. The predicted octanol–water partition coefficient (Wildman–Crippen LogP) is 2.83. The van der Waals surface area contributed by atoms with E-state index in [9.17, 15) is 0 Å². The lowest BCUT2D eigenvalue weighted by molar-refractivity contribution is 0.766. The number of fused-ring (bicyclic) bond motifs is 1. The molecule has 5 heteroatoms. The molecule has 0 aliphatic rings. The highest BCUT2D eigenvalue weighted by molar-refractivity contribution is 9.10. The van der Waals surface area contributed by atoms with Crippen LogP contribution in [-0.4, -0.2) is 19.6 Å². The molecule has 1 aromatic carbocycles. The van der Waals surface area contributed by atoms with Gasteiger partial charge in [0.25, 0.3) is 0 Å². The highest BCUT2D eigenvalue weighted by Gasteiger charge is 2.08. The van der Waals surface area contributed by atoms with Gasteiger partial charge in [-0.2, -0.15) is 10.2 Å². The Hall–Kier alpha value is -1.62. The topological polar surface area (TPSA) is 35.6 Å². The molecule has 0 spiro atoms. The molecule has 0 saturated carbocycles. The van der Waals surface area contributed by atoms with Crippen LogP contribution in [0.4, 0.5) is 0 Å². The summed E-state index contributed by atoms with van der Waals surface area (Å²) in [4.78, 5) is 0. The van der Waals surface area contributed by atoms with Gasteiger partial charge >= 0.3 is 0 Å². The second kappa shape index (κ2) is 3.70. The Balaban J connectivity index is 2.27. The van der Waals surface area contributed by atoms with Crippen LogP contribution >= 0.6 is 15.9 Å². The molecule has 0 N–H and O–H groups in total. The van der Waals surface area contributed by atoms with E-state index in [1.54, 1.807) is 10.9 Å². The molecule has 4 nitrogen and oxygen atoms in total. The number of aromatic nitrogens is 4. The van der Waals surface area contributed by atoms with Gasteiger partial charge in [-0.1, -0.05) is 15.9 Å². The van der Waals surface area contributed by atoms with E-state index in [1.807, 2.05) is 24.1 Å². The Morgan fingerprint density at radius 1 is 1.18 bits per heavy atom. The summed E-state index contributed by atoms with van der Waals surface area (Å²) >= 11 is 3.55. The Labute approximate surface area is 107 Å². The van der Waals surface area contributed by atoms with Crippen LogP contribution in [0, 0.1) is 6.92 Å². The average molecular weight is 291 g/mol. The van der Waals surface area contributed by atoms with Crippen LogP contribution in [0.5, 0.6) is 0 Å². The van der Waals surface area contributed by atoms with Gasteiger partial charge in [-0.15, -0.1) is 0 Å². The first-order chi connectivity index (χ1) is 8.15. The third kappa shape index (κ3) is 1.67. The summed E-state index contributed by atoms with van der Waals surface area (Å²) in [5.74, 6) is 0. The van der Waals surface area contributed by atoms with Gasteiger partial charge in [-0.3, -0.25) is 4.68 Å². The van der Waals surface area contributed by atoms with Crippen molar-refractivity contribution in [2.24, 2.45) is 7.05 Å². The summed E-state index contributed by atoms with van der Waals surface area (Å²) in [6, 6.07) is 4.21. The molecule has 0 unspecified atom stereocenters. The highest BCUT2D eigenvalue weighted by Crippen LogP contribution is 2.25. The zero-order chi connectivity index (χ0) is 12.0. The maximum atomic E-state index is 4.40. The number of benzene rings is 1. The van der Waals surface area contributed by atoms with Gasteiger partial charge < -0.3 is 0 Å². The minimum Gasteiger partial charge on any atom is -0.274 e. The Kier molecular flexibility index (Phi) is 2.29. The largest absolute Gasteiger partial charge is 0.274 e. The fourth-order valence-electron chi connectivity index (χ4n) is 1.89. The fourth-order valence-corrected chi connectivity index (χ4v) is 2.22. The summed E-state index contributed by atoms with van der Waals surface area (Å²) < 4.78 is 4.76. The fraction of sp³-hybridized carbons (Fsp3) is 0.167. The standard InChI is InChI=1S/C12H11BrN4/c1-8-3-9-5-15-17(12(9)4-11(8)13)10-6-14-16(2)7-10/h3-7H,1-2H3. The van der Waals surface area contributed by atoms with E-state index < -0.39 is 0 Å². The van der Waals surface area contributed by atoms with Gasteiger partial charge in [-0.25, -0.2) is 4.68 Å². The summed E-state index contributed by atoms with van der Waals surface area (Å²) in [7, 11) is 1.90. The predicted molar refractivity (Wildman–Crippen MR) is 70.3 cm³/mol. The normalized spacial score (nSPS) is 11.2. The van der Waals surface area contributed by atoms with Crippen LogP contribution < -0.4 is 0 Å². The third-order valence-corrected chi connectivity index (χ3v) is 3.64. The van der Waals surface area contributed by atoms with Crippen molar-refractivity contribution in [1.82, 2.24) is 19.6 Å². The molecule has 86 valence electrons. The number of aryl methyl sites for hydroxylation is 2. The first-order valence-corrected chi connectivity index (χ1v) is 6.07. The van der Waals surface area contributed by atoms with E-state index in [0.29, 0.717) is 0 Å². The molecule has 2 heterocycles. The lowest BCUT2D eigenvalue weighted by Gasteiger charge is -2.01. The van der Waals surface area contributed by atoms with E-state index in [1.165, 1.54) is 5.56 Å². The first-order valence-electron chi connectivity index (χ1n) is 5.28. The Morgan fingerprint density at radius 3 is 2.71 bits per heavy atom. The number of nitrogens with zero attached hydrogens (tertiary/aromatic N) is 4. The van der Waals surface area contributed by atoms with Gasteiger partial charge in [0.15, 0.2) is 0 Å². The van der Waals surface area contributed by atoms with Crippen molar-refractivity contribution in [3.05, 3.63) is 40.8 Å². The molecule has 2 aromatic heterocycles. The Bertz CT molecular complexity index is 696. The summed E-state index contributed by atoms with van der Waals surface area (Å²) in [5, 5.41) is 9.70. The van der Waals surface area contributed by atoms with Crippen LogP contribution in [-0.2, 0) is 7.05 Å².